The highest BCUT2D eigenvalue weighted by Gasteiger charge is 2.54. The SMILES string of the molecule is CCC(C)(C)Oc1ccc(C(=O)c2ccc(OC(=O)C(CC)(CC)C(C)(CC)Oc3ccc(C(C)(C)c4ccc(OC(=O)C(C)(C)CC)cc4)cc3)cc2)cc1. The third kappa shape index (κ3) is 9.54. The minimum Gasteiger partial charge on any atom is -0.488 e. The molecular formula is C49H62O7. The zero-order valence-corrected chi connectivity index (χ0v) is 35.6. The lowest BCUT2D eigenvalue weighted by Gasteiger charge is -2.45. The van der Waals surface area contributed by atoms with Gasteiger partial charge in [-0.15, -0.1) is 0 Å². The normalized spacial score (nSPS) is 13.4. The van der Waals surface area contributed by atoms with Crippen LogP contribution in [0.5, 0.6) is 23.0 Å². The van der Waals surface area contributed by atoms with Crippen LogP contribution in [-0.4, -0.2) is 28.9 Å². The van der Waals surface area contributed by atoms with Gasteiger partial charge in [0.15, 0.2) is 5.78 Å². The van der Waals surface area contributed by atoms with Crippen molar-refractivity contribution in [1.29, 1.82) is 0 Å². The second-order valence-electron chi connectivity index (χ2n) is 16.8. The molecule has 56 heavy (non-hydrogen) atoms. The van der Waals surface area contributed by atoms with Crippen LogP contribution in [0.3, 0.4) is 0 Å². The molecule has 300 valence electrons. The smallest absolute Gasteiger partial charge is 0.321 e. The predicted octanol–water partition coefficient (Wildman–Crippen LogP) is 12.1. The number of benzene rings is 4. The Labute approximate surface area is 335 Å². The van der Waals surface area contributed by atoms with Crippen LogP contribution in [0.2, 0.25) is 0 Å². The largest absolute Gasteiger partial charge is 0.488 e. The highest BCUT2D eigenvalue weighted by Crippen LogP contribution is 2.45. The van der Waals surface area contributed by atoms with E-state index < -0.39 is 16.4 Å². The first-order valence-corrected chi connectivity index (χ1v) is 20.1. The van der Waals surface area contributed by atoms with Crippen molar-refractivity contribution in [3.05, 3.63) is 119 Å². The van der Waals surface area contributed by atoms with Crippen molar-refractivity contribution in [2.75, 3.05) is 0 Å². The maximum absolute atomic E-state index is 14.2. The first-order chi connectivity index (χ1) is 26.3. The van der Waals surface area contributed by atoms with Gasteiger partial charge < -0.3 is 18.9 Å². The zero-order chi connectivity index (χ0) is 41.5. The van der Waals surface area contributed by atoms with Gasteiger partial charge in [0.1, 0.15) is 39.6 Å². The summed E-state index contributed by atoms with van der Waals surface area (Å²) in [4.78, 5) is 40.0. The molecule has 0 N–H and O–H groups in total. The third-order valence-electron chi connectivity index (χ3n) is 12.1. The molecule has 0 radical (unpaired) electrons. The first-order valence-electron chi connectivity index (χ1n) is 20.1. The van der Waals surface area contributed by atoms with E-state index >= 15 is 0 Å². The van der Waals surface area contributed by atoms with Gasteiger partial charge in [-0.05, 0) is 151 Å². The summed E-state index contributed by atoms with van der Waals surface area (Å²) in [6.45, 7) is 24.2. The molecule has 1 atom stereocenters. The Morgan fingerprint density at radius 1 is 0.446 bits per heavy atom. The zero-order valence-electron chi connectivity index (χ0n) is 35.6. The van der Waals surface area contributed by atoms with Gasteiger partial charge in [0.25, 0.3) is 0 Å². The van der Waals surface area contributed by atoms with E-state index in [1.807, 2.05) is 111 Å². The van der Waals surface area contributed by atoms with Gasteiger partial charge in [0.2, 0.25) is 0 Å². The Balaban J connectivity index is 1.46. The van der Waals surface area contributed by atoms with Crippen molar-refractivity contribution < 1.29 is 33.3 Å². The number of ketones is 1. The van der Waals surface area contributed by atoms with Crippen molar-refractivity contribution in [1.82, 2.24) is 0 Å². The number of carbonyl (C=O) groups excluding carboxylic acids is 3. The number of esters is 2. The molecule has 0 spiro atoms. The van der Waals surface area contributed by atoms with Crippen LogP contribution in [0.15, 0.2) is 97.1 Å². The summed E-state index contributed by atoms with van der Waals surface area (Å²) >= 11 is 0. The van der Waals surface area contributed by atoms with Gasteiger partial charge in [0, 0.05) is 16.5 Å². The lowest BCUT2D eigenvalue weighted by Crippen LogP contribution is -2.55. The number of rotatable bonds is 18. The molecule has 0 aliphatic rings. The molecule has 7 nitrogen and oxygen atoms in total. The topological polar surface area (TPSA) is 88.1 Å². The second kappa shape index (κ2) is 17.5. The molecule has 4 rings (SSSR count). The van der Waals surface area contributed by atoms with E-state index in [1.54, 1.807) is 36.4 Å². The highest BCUT2D eigenvalue weighted by molar-refractivity contribution is 6.09. The molecule has 4 aromatic carbocycles. The van der Waals surface area contributed by atoms with E-state index in [0.29, 0.717) is 59.8 Å². The Kier molecular flexibility index (Phi) is 13.7. The van der Waals surface area contributed by atoms with E-state index in [0.717, 1.165) is 17.5 Å². The first kappa shape index (κ1) is 43.8. The average molecular weight is 763 g/mol. The fourth-order valence-electron chi connectivity index (χ4n) is 6.82. The molecule has 0 aliphatic heterocycles. The summed E-state index contributed by atoms with van der Waals surface area (Å²) < 4.78 is 24.5. The lowest BCUT2D eigenvalue weighted by atomic mass is 9.67. The van der Waals surface area contributed by atoms with Gasteiger partial charge in [-0.3, -0.25) is 14.4 Å². The van der Waals surface area contributed by atoms with E-state index in [4.69, 9.17) is 18.9 Å². The van der Waals surface area contributed by atoms with E-state index in [-0.39, 0.29) is 28.7 Å². The Morgan fingerprint density at radius 2 is 0.839 bits per heavy atom. The van der Waals surface area contributed by atoms with Crippen molar-refractivity contribution in [3.8, 4) is 23.0 Å². The lowest BCUT2D eigenvalue weighted by molar-refractivity contribution is -0.162. The quantitative estimate of drug-likeness (QED) is 0.0566. The molecule has 0 amide bonds. The maximum atomic E-state index is 14.2. The Morgan fingerprint density at radius 3 is 1.25 bits per heavy atom. The van der Waals surface area contributed by atoms with E-state index in [9.17, 15) is 14.4 Å². The van der Waals surface area contributed by atoms with Crippen LogP contribution in [-0.2, 0) is 15.0 Å². The molecule has 7 heteroatoms. The Hall–Kier alpha value is -4.91. The van der Waals surface area contributed by atoms with E-state index in [2.05, 4.69) is 32.9 Å². The molecule has 1 unspecified atom stereocenters. The molecule has 0 aromatic heterocycles. The fourth-order valence-corrected chi connectivity index (χ4v) is 6.82. The van der Waals surface area contributed by atoms with Crippen molar-refractivity contribution >= 4 is 17.7 Å². The summed E-state index contributed by atoms with van der Waals surface area (Å²) in [5, 5.41) is 0. The molecule has 0 bridgehead atoms. The predicted molar refractivity (Wildman–Crippen MR) is 224 cm³/mol. The summed E-state index contributed by atoms with van der Waals surface area (Å²) in [5.41, 5.74) is 0.172. The van der Waals surface area contributed by atoms with Crippen LogP contribution in [0.4, 0.5) is 0 Å². The molecule has 0 heterocycles. The monoisotopic (exact) mass is 762 g/mol. The fraction of sp³-hybridized carbons (Fsp3) is 0.449. The molecule has 0 saturated carbocycles. The number of ether oxygens (including phenoxy) is 4. The van der Waals surface area contributed by atoms with Gasteiger partial charge in [-0.2, -0.15) is 0 Å². The number of hydrogen-bond acceptors (Lipinski definition) is 7. The summed E-state index contributed by atoms with van der Waals surface area (Å²) in [7, 11) is 0. The van der Waals surface area contributed by atoms with Gasteiger partial charge in [-0.1, -0.05) is 72.7 Å². The van der Waals surface area contributed by atoms with Crippen molar-refractivity contribution in [2.45, 2.75) is 132 Å². The van der Waals surface area contributed by atoms with Gasteiger partial charge in [-0.25, -0.2) is 0 Å². The summed E-state index contributed by atoms with van der Waals surface area (Å²) in [6, 6.07) is 29.6. The highest BCUT2D eigenvalue weighted by atomic mass is 16.5. The standard InChI is InChI=1S/C49H62O7/c1-13-45(6,7)43(51)53-39-30-22-36(23-31-39)47(10,11)37-24-32-41(33-25-37)56-48(12,15-3)49(16-4,17-5)44(52)54-38-26-18-34(19-27-38)42(50)35-20-28-40(29-21-35)55-46(8,9)14-2/h18-33H,13-17H2,1-12H3. The van der Waals surface area contributed by atoms with E-state index in [1.165, 1.54) is 0 Å². The minimum absolute atomic E-state index is 0.130. The average Bonchev–Trinajstić information content (AvgIpc) is 3.19. The number of carbonyl (C=O) groups is 3. The molecular weight excluding hydrogens is 701 g/mol. The minimum atomic E-state index is -0.956. The van der Waals surface area contributed by atoms with Crippen LogP contribution in [0.1, 0.15) is 142 Å². The molecule has 0 saturated heterocycles. The van der Waals surface area contributed by atoms with Crippen LogP contribution < -0.4 is 18.9 Å². The van der Waals surface area contributed by atoms with Crippen LogP contribution in [0, 0.1) is 10.8 Å². The summed E-state index contributed by atoms with van der Waals surface area (Å²) in [5.74, 6) is 1.52. The maximum Gasteiger partial charge on any atom is 0.321 e. The van der Waals surface area contributed by atoms with Gasteiger partial charge in [0.05, 0.1) is 5.41 Å². The molecule has 0 aliphatic carbocycles. The Bertz CT molecular complexity index is 1930. The van der Waals surface area contributed by atoms with Gasteiger partial charge >= 0.3 is 11.9 Å². The molecule has 0 fully saturated rings. The second-order valence-corrected chi connectivity index (χ2v) is 16.8. The van der Waals surface area contributed by atoms with Crippen molar-refractivity contribution in [2.24, 2.45) is 10.8 Å². The summed E-state index contributed by atoms with van der Waals surface area (Å²) in [6.07, 6.45) is 3.13. The van der Waals surface area contributed by atoms with Crippen molar-refractivity contribution in [3.63, 3.8) is 0 Å². The van der Waals surface area contributed by atoms with Crippen LogP contribution in [0.25, 0.3) is 0 Å². The number of hydrogen-bond donors (Lipinski definition) is 0. The van der Waals surface area contributed by atoms with Crippen LogP contribution >= 0.6 is 0 Å². The third-order valence-corrected chi connectivity index (χ3v) is 12.1. The molecule has 4 aromatic rings.